The predicted molar refractivity (Wildman–Crippen MR) is 87.7 cm³/mol. The number of hydrogen-bond donors (Lipinski definition) is 0. The lowest BCUT2D eigenvalue weighted by molar-refractivity contribution is -0.135. The summed E-state index contributed by atoms with van der Waals surface area (Å²) in [5, 5.41) is 0. The number of benzene rings is 2. The predicted octanol–water partition coefficient (Wildman–Crippen LogP) is 3.39. The van der Waals surface area contributed by atoms with Gasteiger partial charge in [-0.3, -0.25) is 9.59 Å². The number of carbonyl (C=O) groups is 2. The van der Waals surface area contributed by atoms with Gasteiger partial charge in [-0.2, -0.15) is 0 Å². The van der Waals surface area contributed by atoms with Crippen LogP contribution in [0, 0.1) is 0 Å². The Labute approximate surface area is 135 Å². The first-order chi connectivity index (χ1) is 11.2. The molecule has 23 heavy (non-hydrogen) atoms. The molecule has 4 nitrogen and oxygen atoms in total. The standard InChI is InChI=1S/C19H17NO3/c1-14(21)23-12-11-17-16-9-5-6-10-18(16)20(19(17)22)13-15-7-3-2-4-8-15/h2-12,17H,13H2,1H3/b12-11-. The van der Waals surface area contributed by atoms with Crippen LogP contribution in [-0.4, -0.2) is 11.9 Å². The van der Waals surface area contributed by atoms with Crippen LogP contribution >= 0.6 is 0 Å². The smallest absolute Gasteiger partial charge is 0.307 e. The fourth-order valence-electron chi connectivity index (χ4n) is 2.74. The molecule has 0 fully saturated rings. The number of hydrogen-bond acceptors (Lipinski definition) is 3. The number of amides is 1. The summed E-state index contributed by atoms with van der Waals surface area (Å²) in [6.07, 6.45) is 2.93. The van der Waals surface area contributed by atoms with Crippen molar-refractivity contribution in [2.45, 2.75) is 19.4 Å². The number of rotatable bonds is 4. The van der Waals surface area contributed by atoms with Gasteiger partial charge in [-0.1, -0.05) is 48.5 Å². The van der Waals surface area contributed by atoms with E-state index in [9.17, 15) is 9.59 Å². The molecule has 1 atom stereocenters. The number of anilines is 1. The molecule has 0 bridgehead atoms. The van der Waals surface area contributed by atoms with Crippen LogP contribution < -0.4 is 4.90 Å². The Kier molecular flexibility index (Phi) is 4.24. The van der Waals surface area contributed by atoms with Gasteiger partial charge in [0.05, 0.1) is 18.7 Å². The Hall–Kier alpha value is -2.88. The molecule has 0 aliphatic carbocycles. The Balaban J connectivity index is 1.89. The second-order valence-corrected chi connectivity index (χ2v) is 5.38. The van der Waals surface area contributed by atoms with Crippen LogP contribution in [-0.2, 0) is 20.9 Å². The minimum Gasteiger partial charge on any atom is -0.435 e. The molecule has 2 aromatic rings. The van der Waals surface area contributed by atoms with Gasteiger partial charge in [0.15, 0.2) is 0 Å². The number of esters is 1. The number of fused-ring (bicyclic) bond motifs is 1. The Morgan fingerprint density at radius 1 is 1.13 bits per heavy atom. The zero-order chi connectivity index (χ0) is 16.2. The number of carbonyl (C=O) groups excluding carboxylic acids is 2. The third kappa shape index (κ3) is 3.16. The average Bonchev–Trinajstić information content (AvgIpc) is 2.81. The molecule has 116 valence electrons. The van der Waals surface area contributed by atoms with Crippen molar-refractivity contribution in [3.63, 3.8) is 0 Å². The molecule has 0 N–H and O–H groups in total. The first-order valence-corrected chi connectivity index (χ1v) is 7.45. The van der Waals surface area contributed by atoms with Crippen LogP contribution in [0.1, 0.15) is 24.0 Å². The first kappa shape index (κ1) is 15.0. The van der Waals surface area contributed by atoms with Gasteiger partial charge in [-0.25, -0.2) is 0 Å². The summed E-state index contributed by atoms with van der Waals surface area (Å²) in [6.45, 7) is 1.85. The summed E-state index contributed by atoms with van der Waals surface area (Å²) in [4.78, 5) is 25.4. The van der Waals surface area contributed by atoms with Crippen LogP contribution in [0.3, 0.4) is 0 Å². The van der Waals surface area contributed by atoms with Crippen LogP contribution in [0.2, 0.25) is 0 Å². The van der Waals surface area contributed by atoms with Crippen molar-refractivity contribution in [2.75, 3.05) is 4.90 Å². The zero-order valence-electron chi connectivity index (χ0n) is 12.8. The maximum Gasteiger partial charge on any atom is 0.307 e. The van der Waals surface area contributed by atoms with Crippen LogP contribution in [0.15, 0.2) is 66.9 Å². The molecule has 0 saturated heterocycles. The third-order valence-corrected chi connectivity index (χ3v) is 3.78. The summed E-state index contributed by atoms with van der Waals surface area (Å²) < 4.78 is 4.83. The molecular formula is C19H17NO3. The van der Waals surface area contributed by atoms with Gasteiger partial charge in [0, 0.05) is 12.6 Å². The van der Waals surface area contributed by atoms with E-state index in [0.717, 1.165) is 16.8 Å². The molecule has 1 amide bonds. The molecule has 1 heterocycles. The van der Waals surface area contributed by atoms with E-state index < -0.39 is 11.9 Å². The van der Waals surface area contributed by atoms with Crippen molar-refractivity contribution >= 4 is 17.6 Å². The molecule has 1 aliphatic rings. The fraction of sp³-hybridized carbons (Fsp3) is 0.158. The fourth-order valence-corrected chi connectivity index (χ4v) is 2.74. The van der Waals surface area contributed by atoms with E-state index in [1.807, 2.05) is 54.6 Å². The molecule has 4 heteroatoms. The van der Waals surface area contributed by atoms with Crippen molar-refractivity contribution < 1.29 is 14.3 Å². The van der Waals surface area contributed by atoms with Gasteiger partial charge in [0.25, 0.3) is 0 Å². The molecular weight excluding hydrogens is 290 g/mol. The normalized spacial score (nSPS) is 16.7. The van der Waals surface area contributed by atoms with Crippen molar-refractivity contribution in [2.24, 2.45) is 0 Å². The largest absolute Gasteiger partial charge is 0.435 e. The summed E-state index contributed by atoms with van der Waals surface area (Å²) in [6, 6.07) is 17.6. The van der Waals surface area contributed by atoms with Gasteiger partial charge >= 0.3 is 5.97 Å². The molecule has 0 aromatic heterocycles. The molecule has 1 unspecified atom stereocenters. The van der Waals surface area contributed by atoms with Crippen LogP contribution in [0.4, 0.5) is 5.69 Å². The second kappa shape index (κ2) is 6.48. The average molecular weight is 307 g/mol. The second-order valence-electron chi connectivity index (χ2n) is 5.38. The number of nitrogens with zero attached hydrogens (tertiary/aromatic N) is 1. The summed E-state index contributed by atoms with van der Waals surface area (Å²) in [7, 11) is 0. The Morgan fingerprint density at radius 2 is 1.83 bits per heavy atom. The van der Waals surface area contributed by atoms with E-state index in [0.29, 0.717) is 6.54 Å². The number of para-hydroxylation sites is 1. The van der Waals surface area contributed by atoms with Crippen LogP contribution in [0.5, 0.6) is 0 Å². The van der Waals surface area contributed by atoms with Crippen LogP contribution in [0.25, 0.3) is 0 Å². The van der Waals surface area contributed by atoms with Gasteiger partial charge in [-0.15, -0.1) is 0 Å². The van der Waals surface area contributed by atoms with E-state index in [-0.39, 0.29) is 5.91 Å². The zero-order valence-corrected chi connectivity index (χ0v) is 12.8. The topological polar surface area (TPSA) is 46.6 Å². The summed E-state index contributed by atoms with van der Waals surface area (Å²) in [5.41, 5.74) is 2.90. The van der Waals surface area contributed by atoms with Gasteiger partial charge < -0.3 is 9.64 Å². The highest BCUT2D eigenvalue weighted by molar-refractivity contribution is 6.06. The minimum atomic E-state index is -0.422. The van der Waals surface area contributed by atoms with E-state index in [4.69, 9.17) is 4.74 Å². The molecule has 0 spiro atoms. The lowest BCUT2D eigenvalue weighted by atomic mass is 10.0. The summed E-state index contributed by atoms with van der Waals surface area (Å²) in [5.74, 6) is -0.839. The maximum atomic E-state index is 12.8. The van der Waals surface area contributed by atoms with E-state index >= 15 is 0 Å². The Morgan fingerprint density at radius 3 is 2.57 bits per heavy atom. The number of ether oxygens (including phenoxy) is 1. The Bertz CT molecular complexity index is 752. The van der Waals surface area contributed by atoms with Gasteiger partial charge in [0.2, 0.25) is 5.91 Å². The monoisotopic (exact) mass is 307 g/mol. The van der Waals surface area contributed by atoms with Crippen molar-refractivity contribution in [1.29, 1.82) is 0 Å². The lowest BCUT2D eigenvalue weighted by Crippen LogP contribution is -2.27. The maximum absolute atomic E-state index is 12.8. The van der Waals surface area contributed by atoms with Gasteiger partial charge in [-0.05, 0) is 23.3 Å². The van der Waals surface area contributed by atoms with E-state index in [1.54, 1.807) is 11.0 Å². The highest BCUT2D eigenvalue weighted by Crippen LogP contribution is 2.38. The quantitative estimate of drug-likeness (QED) is 0.642. The van der Waals surface area contributed by atoms with Gasteiger partial charge in [0.1, 0.15) is 0 Å². The lowest BCUT2D eigenvalue weighted by Gasteiger charge is -2.17. The first-order valence-electron chi connectivity index (χ1n) is 7.45. The SMILES string of the molecule is CC(=O)O/C=C\C1C(=O)N(Cc2ccccc2)c2ccccc21. The van der Waals surface area contributed by atoms with E-state index in [1.165, 1.54) is 13.2 Å². The molecule has 2 aromatic carbocycles. The van der Waals surface area contributed by atoms with Crippen molar-refractivity contribution in [1.82, 2.24) is 0 Å². The molecule has 0 saturated carbocycles. The van der Waals surface area contributed by atoms with Crippen molar-refractivity contribution in [3.8, 4) is 0 Å². The third-order valence-electron chi connectivity index (χ3n) is 3.78. The minimum absolute atomic E-state index is 0.0153. The molecule has 1 aliphatic heterocycles. The molecule has 3 rings (SSSR count). The highest BCUT2D eigenvalue weighted by Gasteiger charge is 2.35. The highest BCUT2D eigenvalue weighted by atomic mass is 16.5. The summed E-state index contributed by atoms with van der Waals surface area (Å²) >= 11 is 0. The molecule has 0 radical (unpaired) electrons. The van der Waals surface area contributed by atoms with E-state index in [2.05, 4.69) is 0 Å². The van der Waals surface area contributed by atoms with Crippen molar-refractivity contribution in [3.05, 3.63) is 78.1 Å².